The van der Waals surface area contributed by atoms with Crippen molar-refractivity contribution in [2.45, 2.75) is 6.92 Å². The molecule has 56 valence electrons. The largest absolute Gasteiger partial charge is 0.218 e. The summed E-state index contributed by atoms with van der Waals surface area (Å²) in [5.41, 5.74) is 0.267. The lowest BCUT2D eigenvalue weighted by Crippen LogP contribution is -1.92. The van der Waals surface area contributed by atoms with Gasteiger partial charge in [0.15, 0.2) is 0 Å². The lowest BCUT2D eigenvalue weighted by Gasteiger charge is -1.97. The van der Waals surface area contributed by atoms with Crippen LogP contribution in [0.1, 0.15) is 11.3 Å². The van der Waals surface area contributed by atoms with Gasteiger partial charge in [-0.05, 0) is 13.0 Å². The second kappa shape index (κ2) is 2.85. The Balaban J connectivity index is 3.35. The summed E-state index contributed by atoms with van der Waals surface area (Å²) in [4.78, 5) is 3.34. The predicted octanol–water partition coefficient (Wildman–Crippen LogP) is 2.05. The maximum Gasteiger partial charge on any atom is 0.218 e. The second-order valence-electron chi connectivity index (χ2n) is 2.02. The van der Waals surface area contributed by atoms with Crippen LogP contribution in [-0.2, 0) is 0 Å². The van der Waals surface area contributed by atoms with E-state index in [4.69, 9.17) is 16.9 Å². The molecule has 2 nitrogen and oxygen atoms in total. The zero-order valence-corrected chi connectivity index (χ0v) is 6.48. The molecule has 0 unspecified atom stereocenters. The number of hydrogen-bond donors (Lipinski definition) is 0. The van der Waals surface area contributed by atoms with Gasteiger partial charge >= 0.3 is 0 Å². The van der Waals surface area contributed by atoms with Crippen LogP contribution in [0.2, 0.25) is 5.02 Å². The molecule has 1 heterocycles. The number of nitriles is 1. The van der Waals surface area contributed by atoms with Crippen LogP contribution in [0.25, 0.3) is 0 Å². The Bertz CT molecular complexity index is 307. The quantitative estimate of drug-likeness (QED) is 0.559. The van der Waals surface area contributed by atoms with Gasteiger partial charge < -0.3 is 0 Å². The number of nitrogens with zero attached hydrogens (tertiary/aromatic N) is 2. The van der Waals surface area contributed by atoms with Crippen LogP contribution in [0.15, 0.2) is 6.07 Å². The van der Waals surface area contributed by atoms with Gasteiger partial charge in [-0.15, -0.1) is 0 Å². The SMILES string of the molecule is Cc1c(Cl)cc(C#N)nc1F. The highest BCUT2D eigenvalue weighted by molar-refractivity contribution is 6.31. The minimum Gasteiger partial charge on any atom is -0.209 e. The average Bonchev–Trinajstić information content (AvgIpc) is 1.99. The Morgan fingerprint density at radius 2 is 2.36 bits per heavy atom. The zero-order valence-electron chi connectivity index (χ0n) is 5.73. The van der Waals surface area contributed by atoms with Crippen LogP contribution in [-0.4, -0.2) is 4.98 Å². The molecule has 0 amide bonds. The van der Waals surface area contributed by atoms with Crippen LogP contribution >= 0.6 is 11.6 Å². The zero-order chi connectivity index (χ0) is 8.43. The standard InChI is InChI=1S/C7H4ClFN2/c1-4-6(8)2-5(3-10)11-7(4)9/h2H,1H3. The molecule has 0 atom stereocenters. The van der Waals surface area contributed by atoms with Crippen molar-refractivity contribution in [1.29, 1.82) is 5.26 Å². The summed E-state index contributed by atoms with van der Waals surface area (Å²) < 4.78 is 12.7. The maximum atomic E-state index is 12.7. The molecule has 0 bridgehead atoms. The summed E-state index contributed by atoms with van der Waals surface area (Å²) >= 11 is 5.57. The van der Waals surface area contributed by atoms with Crippen molar-refractivity contribution >= 4 is 11.6 Å². The van der Waals surface area contributed by atoms with Crippen LogP contribution in [0.5, 0.6) is 0 Å². The number of rotatable bonds is 0. The lowest BCUT2D eigenvalue weighted by molar-refractivity contribution is 0.573. The molecule has 0 saturated carbocycles. The van der Waals surface area contributed by atoms with E-state index in [-0.39, 0.29) is 16.3 Å². The molecular weight excluding hydrogens is 167 g/mol. The first-order valence-corrected chi connectivity index (χ1v) is 3.25. The molecule has 0 aliphatic rings. The number of halogens is 2. The third kappa shape index (κ3) is 1.47. The van der Waals surface area contributed by atoms with E-state index in [2.05, 4.69) is 4.98 Å². The summed E-state index contributed by atoms with van der Waals surface area (Å²) in [5.74, 6) is -0.686. The van der Waals surface area contributed by atoms with Crippen molar-refractivity contribution in [3.05, 3.63) is 28.3 Å². The molecule has 0 saturated heterocycles. The highest BCUT2D eigenvalue weighted by Gasteiger charge is 2.05. The molecule has 0 aromatic carbocycles. The normalized spacial score (nSPS) is 9.27. The average molecular weight is 171 g/mol. The molecule has 1 aromatic heterocycles. The van der Waals surface area contributed by atoms with E-state index in [1.54, 1.807) is 6.07 Å². The van der Waals surface area contributed by atoms with Gasteiger partial charge in [0.25, 0.3) is 0 Å². The molecule has 0 spiro atoms. The summed E-state index contributed by atoms with van der Waals surface area (Å²) in [7, 11) is 0. The summed E-state index contributed by atoms with van der Waals surface area (Å²) in [5, 5.41) is 8.57. The van der Waals surface area contributed by atoms with E-state index >= 15 is 0 Å². The molecule has 0 N–H and O–H groups in total. The second-order valence-corrected chi connectivity index (χ2v) is 2.42. The number of aromatic nitrogens is 1. The number of pyridine rings is 1. The lowest BCUT2D eigenvalue weighted by atomic mass is 10.3. The maximum absolute atomic E-state index is 12.7. The van der Waals surface area contributed by atoms with E-state index in [0.717, 1.165) is 0 Å². The molecule has 1 rings (SSSR count). The van der Waals surface area contributed by atoms with Gasteiger partial charge in [-0.25, -0.2) is 4.98 Å². The van der Waals surface area contributed by atoms with Gasteiger partial charge in [-0.1, -0.05) is 11.6 Å². The van der Waals surface area contributed by atoms with E-state index in [1.807, 2.05) is 0 Å². The predicted molar refractivity (Wildman–Crippen MR) is 38.7 cm³/mol. The van der Waals surface area contributed by atoms with Crippen LogP contribution in [0, 0.1) is 24.2 Å². The Labute approximate surface area is 68.2 Å². The van der Waals surface area contributed by atoms with Crippen LogP contribution in [0.3, 0.4) is 0 Å². The monoisotopic (exact) mass is 170 g/mol. The summed E-state index contributed by atoms with van der Waals surface area (Å²) in [6.45, 7) is 1.51. The first-order valence-electron chi connectivity index (χ1n) is 2.88. The van der Waals surface area contributed by atoms with E-state index in [1.165, 1.54) is 13.0 Å². The van der Waals surface area contributed by atoms with Crippen molar-refractivity contribution in [2.24, 2.45) is 0 Å². The smallest absolute Gasteiger partial charge is 0.209 e. The third-order valence-corrected chi connectivity index (χ3v) is 1.66. The molecule has 1 aromatic rings. The minimum absolute atomic E-state index is 0.00176. The van der Waals surface area contributed by atoms with Crippen LogP contribution < -0.4 is 0 Å². The molecule has 11 heavy (non-hydrogen) atoms. The fourth-order valence-electron chi connectivity index (χ4n) is 0.606. The first kappa shape index (κ1) is 7.96. The van der Waals surface area contributed by atoms with Gasteiger partial charge in [0.1, 0.15) is 11.8 Å². The Kier molecular flexibility index (Phi) is 2.06. The first-order chi connectivity index (χ1) is 5.15. The van der Waals surface area contributed by atoms with Gasteiger partial charge in [-0.2, -0.15) is 9.65 Å². The minimum atomic E-state index is -0.686. The van der Waals surface area contributed by atoms with E-state index in [9.17, 15) is 4.39 Å². The van der Waals surface area contributed by atoms with Crippen molar-refractivity contribution in [3.63, 3.8) is 0 Å². The molecular formula is C7H4ClFN2. The van der Waals surface area contributed by atoms with Crippen molar-refractivity contribution in [1.82, 2.24) is 4.98 Å². The summed E-state index contributed by atoms with van der Waals surface area (Å²) in [6, 6.07) is 3.03. The topological polar surface area (TPSA) is 36.7 Å². The fraction of sp³-hybridized carbons (Fsp3) is 0.143. The van der Waals surface area contributed by atoms with Gasteiger partial charge in [0.2, 0.25) is 5.95 Å². The highest BCUT2D eigenvalue weighted by Crippen LogP contribution is 2.17. The van der Waals surface area contributed by atoms with Crippen molar-refractivity contribution in [3.8, 4) is 6.07 Å². The van der Waals surface area contributed by atoms with E-state index in [0.29, 0.717) is 0 Å². The third-order valence-electron chi connectivity index (χ3n) is 1.26. The van der Waals surface area contributed by atoms with Gasteiger partial charge in [0.05, 0.1) is 5.02 Å². The number of hydrogen-bond acceptors (Lipinski definition) is 2. The Morgan fingerprint density at radius 1 is 1.73 bits per heavy atom. The Hall–Kier alpha value is -1.14. The van der Waals surface area contributed by atoms with E-state index < -0.39 is 5.95 Å². The molecule has 0 aliphatic carbocycles. The molecule has 0 fully saturated rings. The van der Waals surface area contributed by atoms with Gasteiger partial charge in [-0.3, -0.25) is 0 Å². The van der Waals surface area contributed by atoms with Gasteiger partial charge in [0, 0.05) is 5.56 Å². The van der Waals surface area contributed by atoms with Crippen molar-refractivity contribution in [2.75, 3.05) is 0 Å². The Morgan fingerprint density at radius 3 is 2.82 bits per heavy atom. The molecule has 0 aliphatic heterocycles. The molecule has 0 radical (unpaired) electrons. The summed E-state index contributed by atoms with van der Waals surface area (Å²) in [6.07, 6.45) is 0. The fourth-order valence-corrected chi connectivity index (χ4v) is 0.787. The van der Waals surface area contributed by atoms with Crippen molar-refractivity contribution < 1.29 is 4.39 Å². The molecule has 4 heteroatoms. The highest BCUT2D eigenvalue weighted by atomic mass is 35.5. The van der Waals surface area contributed by atoms with Crippen LogP contribution in [0.4, 0.5) is 4.39 Å².